The fourth-order valence-corrected chi connectivity index (χ4v) is 2.83. The predicted molar refractivity (Wildman–Crippen MR) is 72.2 cm³/mol. The molecule has 0 aliphatic rings. The molecule has 0 fully saturated rings. The molecular formula is C13H21NO2S. The van der Waals surface area contributed by atoms with Gasteiger partial charge in [-0.1, -0.05) is 30.3 Å². The Balaban J connectivity index is 2.30. The Morgan fingerprint density at radius 3 is 2.65 bits per heavy atom. The molecule has 0 spiro atoms. The Labute approximate surface area is 106 Å². The van der Waals surface area contributed by atoms with Gasteiger partial charge in [0.05, 0.1) is 6.10 Å². The van der Waals surface area contributed by atoms with Crippen LogP contribution in [0.25, 0.3) is 0 Å². The highest BCUT2D eigenvalue weighted by Crippen LogP contribution is 2.06. The second-order valence-electron chi connectivity index (χ2n) is 3.88. The third-order valence-corrected chi connectivity index (χ3v) is 3.85. The Hall–Kier alpha value is -0.710. The van der Waals surface area contributed by atoms with Crippen molar-refractivity contribution in [2.24, 2.45) is 5.73 Å². The van der Waals surface area contributed by atoms with Gasteiger partial charge in [0.1, 0.15) is 0 Å². The van der Waals surface area contributed by atoms with Crippen molar-refractivity contribution in [2.75, 3.05) is 18.9 Å². The molecule has 1 rings (SSSR count). The third kappa shape index (κ3) is 5.96. The van der Waals surface area contributed by atoms with E-state index in [0.717, 1.165) is 12.0 Å². The number of ether oxygens (including phenoxy) is 1. The molecule has 0 aliphatic carbocycles. The zero-order chi connectivity index (χ0) is 12.5. The molecule has 0 heterocycles. The van der Waals surface area contributed by atoms with Crippen LogP contribution in [0.3, 0.4) is 0 Å². The number of hydrogen-bond donors (Lipinski definition) is 1. The summed E-state index contributed by atoms with van der Waals surface area (Å²) in [7, 11) is -0.832. The van der Waals surface area contributed by atoms with Gasteiger partial charge < -0.3 is 10.5 Å². The van der Waals surface area contributed by atoms with Gasteiger partial charge in [0.15, 0.2) is 0 Å². The summed E-state index contributed by atoms with van der Waals surface area (Å²) in [6, 6.07) is 9.90. The highest BCUT2D eigenvalue weighted by atomic mass is 32.2. The van der Waals surface area contributed by atoms with E-state index < -0.39 is 10.8 Å². The second kappa shape index (κ2) is 8.39. The molecule has 96 valence electrons. The van der Waals surface area contributed by atoms with Crippen LogP contribution in [-0.2, 0) is 21.3 Å². The summed E-state index contributed by atoms with van der Waals surface area (Å²) in [5.41, 5.74) is 6.69. The fourth-order valence-electron chi connectivity index (χ4n) is 1.60. The molecule has 0 amide bonds. The van der Waals surface area contributed by atoms with Crippen LogP contribution in [0, 0.1) is 0 Å². The van der Waals surface area contributed by atoms with E-state index in [1.54, 1.807) is 0 Å². The highest BCUT2D eigenvalue weighted by Gasteiger charge is 2.09. The lowest BCUT2D eigenvalue weighted by Gasteiger charge is -2.14. The lowest BCUT2D eigenvalue weighted by atomic mass is 10.2. The fraction of sp³-hybridized carbons (Fsp3) is 0.538. The lowest BCUT2D eigenvalue weighted by molar-refractivity contribution is 0.0672. The molecule has 0 aromatic heterocycles. The van der Waals surface area contributed by atoms with Gasteiger partial charge in [-0.25, -0.2) is 0 Å². The number of hydrogen-bond acceptors (Lipinski definition) is 3. The van der Waals surface area contributed by atoms with Gasteiger partial charge in [0.2, 0.25) is 0 Å². The monoisotopic (exact) mass is 255 g/mol. The molecule has 2 N–H and O–H groups in total. The molecular weight excluding hydrogens is 234 g/mol. The van der Waals surface area contributed by atoms with Gasteiger partial charge in [-0.3, -0.25) is 4.21 Å². The second-order valence-corrected chi connectivity index (χ2v) is 5.45. The molecule has 2 atom stereocenters. The van der Waals surface area contributed by atoms with E-state index in [0.29, 0.717) is 24.7 Å². The van der Waals surface area contributed by atoms with Gasteiger partial charge in [-0.2, -0.15) is 0 Å². The zero-order valence-corrected chi connectivity index (χ0v) is 11.1. The summed E-state index contributed by atoms with van der Waals surface area (Å²) in [4.78, 5) is 0. The van der Waals surface area contributed by atoms with Crippen molar-refractivity contribution in [1.82, 2.24) is 0 Å². The van der Waals surface area contributed by atoms with Crippen molar-refractivity contribution in [3.05, 3.63) is 35.9 Å². The normalized spacial score (nSPS) is 14.5. The first-order chi connectivity index (χ1) is 8.26. The van der Waals surface area contributed by atoms with Gasteiger partial charge in [0, 0.05) is 35.5 Å². The Kier molecular flexibility index (Phi) is 7.08. The average molecular weight is 255 g/mol. The Morgan fingerprint density at radius 2 is 2.06 bits per heavy atom. The smallest absolute Gasteiger partial charge is 0.0705 e. The van der Waals surface area contributed by atoms with Gasteiger partial charge in [-0.05, 0) is 18.9 Å². The molecule has 4 heteroatoms. The maximum atomic E-state index is 11.9. The maximum Gasteiger partial charge on any atom is 0.0705 e. The minimum absolute atomic E-state index is 0.0414. The number of benzene rings is 1. The summed E-state index contributed by atoms with van der Waals surface area (Å²) in [6.45, 7) is 3.10. The van der Waals surface area contributed by atoms with Crippen LogP contribution in [0.15, 0.2) is 30.3 Å². The summed E-state index contributed by atoms with van der Waals surface area (Å²) in [5.74, 6) is 1.26. The number of nitrogens with two attached hydrogens (primary N) is 1. The van der Waals surface area contributed by atoms with Gasteiger partial charge >= 0.3 is 0 Å². The van der Waals surface area contributed by atoms with E-state index in [-0.39, 0.29) is 6.10 Å². The zero-order valence-electron chi connectivity index (χ0n) is 10.3. The first-order valence-electron chi connectivity index (χ1n) is 5.96. The molecule has 1 aromatic rings. The SMILES string of the molecule is CCOC(CN)CCS(=O)Cc1ccccc1. The summed E-state index contributed by atoms with van der Waals surface area (Å²) in [5, 5.41) is 0. The van der Waals surface area contributed by atoms with E-state index in [4.69, 9.17) is 10.5 Å². The highest BCUT2D eigenvalue weighted by molar-refractivity contribution is 7.84. The molecule has 3 nitrogen and oxygen atoms in total. The molecule has 0 saturated heterocycles. The minimum Gasteiger partial charge on any atom is -0.377 e. The first-order valence-corrected chi connectivity index (χ1v) is 7.45. The quantitative estimate of drug-likeness (QED) is 0.769. The third-order valence-electron chi connectivity index (χ3n) is 2.50. The van der Waals surface area contributed by atoms with Crippen LogP contribution in [0.2, 0.25) is 0 Å². The van der Waals surface area contributed by atoms with E-state index in [1.165, 1.54) is 0 Å². The van der Waals surface area contributed by atoms with E-state index in [2.05, 4.69) is 0 Å². The maximum absolute atomic E-state index is 11.9. The van der Waals surface area contributed by atoms with Crippen molar-refractivity contribution < 1.29 is 8.95 Å². The largest absolute Gasteiger partial charge is 0.377 e. The van der Waals surface area contributed by atoms with Crippen molar-refractivity contribution in [2.45, 2.75) is 25.2 Å². The van der Waals surface area contributed by atoms with Crippen LogP contribution in [0.1, 0.15) is 18.9 Å². The predicted octanol–water partition coefficient (Wildman–Crippen LogP) is 1.69. The molecule has 0 radical (unpaired) electrons. The van der Waals surface area contributed by atoms with E-state index in [9.17, 15) is 4.21 Å². The lowest BCUT2D eigenvalue weighted by Crippen LogP contribution is -2.25. The van der Waals surface area contributed by atoms with Crippen molar-refractivity contribution in [1.29, 1.82) is 0 Å². The van der Waals surface area contributed by atoms with Crippen molar-refractivity contribution in [3.63, 3.8) is 0 Å². The van der Waals surface area contributed by atoms with Crippen LogP contribution in [0.4, 0.5) is 0 Å². The van der Waals surface area contributed by atoms with Crippen LogP contribution in [0.5, 0.6) is 0 Å². The van der Waals surface area contributed by atoms with Crippen LogP contribution < -0.4 is 5.73 Å². The molecule has 1 aromatic carbocycles. The molecule has 0 aliphatic heterocycles. The number of rotatable bonds is 8. The topological polar surface area (TPSA) is 52.3 Å². The summed E-state index contributed by atoms with van der Waals surface area (Å²) < 4.78 is 17.3. The van der Waals surface area contributed by atoms with E-state index in [1.807, 2.05) is 37.3 Å². The molecule has 2 unspecified atom stereocenters. The van der Waals surface area contributed by atoms with Crippen LogP contribution >= 0.6 is 0 Å². The van der Waals surface area contributed by atoms with Crippen LogP contribution in [-0.4, -0.2) is 29.2 Å². The van der Waals surface area contributed by atoms with Gasteiger partial charge in [0.25, 0.3) is 0 Å². The molecule has 0 saturated carbocycles. The first kappa shape index (κ1) is 14.4. The van der Waals surface area contributed by atoms with Crippen molar-refractivity contribution in [3.8, 4) is 0 Å². The van der Waals surface area contributed by atoms with Crippen molar-refractivity contribution >= 4 is 10.8 Å². The summed E-state index contributed by atoms with van der Waals surface area (Å²) in [6.07, 6.45) is 0.809. The summed E-state index contributed by atoms with van der Waals surface area (Å²) >= 11 is 0. The molecule has 17 heavy (non-hydrogen) atoms. The average Bonchev–Trinajstić information content (AvgIpc) is 2.35. The Bertz CT molecular complexity index is 329. The molecule has 0 bridgehead atoms. The standard InChI is InChI=1S/C13H21NO2S/c1-2-16-13(10-14)8-9-17(15)11-12-6-4-3-5-7-12/h3-7,13H,2,8-11,14H2,1H3. The Morgan fingerprint density at radius 1 is 1.35 bits per heavy atom. The minimum atomic E-state index is -0.832. The van der Waals surface area contributed by atoms with Gasteiger partial charge in [-0.15, -0.1) is 0 Å². The van der Waals surface area contributed by atoms with E-state index >= 15 is 0 Å².